The average Bonchev–Trinajstić information content (AvgIpc) is 2.43. The molecule has 0 radical (unpaired) electrons. The van der Waals surface area contributed by atoms with Gasteiger partial charge in [-0.3, -0.25) is 0 Å². The maximum Gasteiger partial charge on any atom is 0.126 e. The van der Waals surface area contributed by atoms with E-state index in [1.165, 1.54) is 27.8 Å². The molecule has 3 heteroatoms. The number of benzene rings is 1. The highest BCUT2D eigenvalue weighted by atomic mass is 16.5. The first-order valence-corrected chi connectivity index (χ1v) is 8.62. The van der Waals surface area contributed by atoms with Crippen LogP contribution in [-0.2, 0) is 13.0 Å². The average molecular weight is 316 g/mol. The first kappa shape index (κ1) is 17.7. The normalized spacial score (nSPS) is 15.8. The first-order chi connectivity index (χ1) is 10.6. The fourth-order valence-corrected chi connectivity index (χ4v) is 3.31. The molecule has 0 amide bonds. The third kappa shape index (κ3) is 3.82. The van der Waals surface area contributed by atoms with Crippen molar-refractivity contribution in [3.63, 3.8) is 0 Å². The van der Waals surface area contributed by atoms with Gasteiger partial charge in [0.05, 0.1) is 5.82 Å². The molecule has 0 saturated carbocycles. The minimum atomic E-state index is -0.0636. The van der Waals surface area contributed by atoms with Crippen LogP contribution in [0.3, 0.4) is 0 Å². The van der Waals surface area contributed by atoms with Crippen LogP contribution in [0.15, 0.2) is 12.4 Å². The standard InChI is InChI=1S/C20H32N2O/c1-12(2)22-16(6)21-11-18-13(3)14(4)19-17(15(18)5)9-10-20(7,8)23-19/h12,21-22H,6,9-11H2,1-5,7-8H3. The lowest BCUT2D eigenvalue weighted by Crippen LogP contribution is -2.34. The summed E-state index contributed by atoms with van der Waals surface area (Å²) in [6.07, 6.45) is 2.16. The zero-order valence-corrected chi connectivity index (χ0v) is 15.8. The number of rotatable bonds is 5. The quantitative estimate of drug-likeness (QED) is 0.851. The van der Waals surface area contributed by atoms with Crippen molar-refractivity contribution in [2.75, 3.05) is 0 Å². The van der Waals surface area contributed by atoms with Gasteiger partial charge in [0.2, 0.25) is 0 Å². The van der Waals surface area contributed by atoms with Gasteiger partial charge in [0.15, 0.2) is 0 Å². The summed E-state index contributed by atoms with van der Waals surface area (Å²) < 4.78 is 6.29. The molecule has 128 valence electrons. The number of ether oxygens (including phenoxy) is 1. The van der Waals surface area contributed by atoms with E-state index in [-0.39, 0.29) is 5.60 Å². The monoisotopic (exact) mass is 316 g/mol. The van der Waals surface area contributed by atoms with Crippen molar-refractivity contribution >= 4 is 0 Å². The third-order valence-corrected chi connectivity index (χ3v) is 4.83. The van der Waals surface area contributed by atoms with Gasteiger partial charge in [0, 0.05) is 12.6 Å². The Kier molecular flexibility index (Phi) is 4.98. The molecule has 0 fully saturated rings. The van der Waals surface area contributed by atoms with E-state index in [4.69, 9.17) is 4.74 Å². The molecule has 0 bridgehead atoms. The lowest BCUT2D eigenvalue weighted by Gasteiger charge is -2.36. The SMILES string of the molecule is C=C(NCc1c(C)c(C)c2c(c1C)CCC(C)(C)O2)NC(C)C. The molecule has 2 rings (SSSR count). The second kappa shape index (κ2) is 6.46. The summed E-state index contributed by atoms with van der Waals surface area (Å²) in [7, 11) is 0. The van der Waals surface area contributed by atoms with Gasteiger partial charge in [-0.05, 0) is 89.1 Å². The van der Waals surface area contributed by atoms with Crippen LogP contribution in [0.1, 0.15) is 61.9 Å². The maximum absolute atomic E-state index is 6.29. The maximum atomic E-state index is 6.29. The summed E-state index contributed by atoms with van der Waals surface area (Å²) in [5.41, 5.74) is 6.65. The van der Waals surface area contributed by atoms with Crippen molar-refractivity contribution in [3.05, 3.63) is 40.2 Å². The summed E-state index contributed by atoms with van der Waals surface area (Å²) >= 11 is 0. The number of fused-ring (bicyclic) bond motifs is 1. The van der Waals surface area contributed by atoms with Gasteiger partial charge in [-0.15, -0.1) is 0 Å². The van der Waals surface area contributed by atoms with Crippen LogP contribution < -0.4 is 15.4 Å². The smallest absolute Gasteiger partial charge is 0.126 e. The van der Waals surface area contributed by atoms with E-state index >= 15 is 0 Å². The molecule has 0 aromatic heterocycles. The Bertz CT molecular complexity index is 615. The Labute approximate surface area is 141 Å². The van der Waals surface area contributed by atoms with Crippen LogP contribution in [0.4, 0.5) is 0 Å². The van der Waals surface area contributed by atoms with Crippen LogP contribution in [0.2, 0.25) is 0 Å². The molecule has 2 N–H and O–H groups in total. The third-order valence-electron chi connectivity index (χ3n) is 4.83. The van der Waals surface area contributed by atoms with Gasteiger partial charge in [-0.1, -0.05) is 6.58 Å². The van der Waals surface area contributed by atoms with Crippen LogP contribution in [0.25, 0.3) is 0 Å². The Hall–Kier alpha value is -1.64. The molecule has 3 nitrogen and oxygen atoms in total. The Morgan fingerprint density at radius 2 is 1.83 bits per heavy atom. The van der Waals surface area contributed by atoms with Crippen LogP contribution in [0.5, 0.6) is 5.75 Å². The Morgan fingerprint density at radius 1 is 1.17 bits per heavy atom. The number of hydrogen-bond acceptors (Lipinski definition) is 3. The molecule has 0 saturated heterocycles. The fraction of sp³-hybridized carbons (Fsp3) is 0.600. The van der Waals surface area contributed by atoms with E-state index in [2.05, 4.69) is 65.7 Å². The summed E-state index contributed by atoms with van der Waals surface area (Å²) in [6.45, 7) is 20.0. The molecule has 0 unspecified atom stereocenters. The van der Waals surface area contributed by atoms with Gasteiger partial charge in [0.1, 0.15) is 11.4 Å². The predicted molar refractivity (Wildman–Crippen MR) is 97.9 cm³/mol. The largest absolute Gasteiger partial charge is 0.487 e. The molecule has 1 aliphatic heterocycles. The lowest BCUT2D eigenvalue weighted by molar-refractivity contribution is 0.0833. The molecule has 1 heterocycles. The molecule has 0 spiro atoms. The van der Waals surface area contributed by atoms with E-state index in [1.54, 1.807) is 0 Å². The summed E-state index contributed by atoms with van der Waals surface area (Å²) in [6, 6.07) is 0.387. The Morgan fingerprint density at radius 3 is 2.43 bits per heavy atom. The topological polar surface area (TPSA) is 33.3 Å². The second-order valence-electron chi connectivity index (χ2n) is 7.65. The molecule has 1 aliphatic rings. The summed E-state index contributed by atoms with van der Waals surface area (Å²) in [5, 5.41) is 6.73. The highest BCUT2D eigenvalue weighted by Crippen LogP contribution is 2.40. The second-order valence-corrected chi connectivity index (χ2v) is 7.65. The van der Waals surface area contributed by atoms with Crippen molar-refractivity contribution in [3.8, 4) is 5.75 Å². The summed E-state index contributed by atoms with van der Waals surface area (Å²) in [4.78, 5) is 0. The fourth-order valence-electron chi connectivity index (χ4n) is 3.31. The van der Waals surface area contributed by atoms with E-state index in [1.807, 2.05) is 0 Å². The number of nitrogens with one attached hydrogen (secondary N) is 2. The van der Waals surface area contributed by atoms with Gasteiger partial charge in [-0.2, -0.15) is 0 Å². The van der Waals surface area contributed by atoms with Crippen molar-refractivity contribution in [1.29, 1.82) is 0 Å². The van der Waals surface area contributed by atoms with E-state index in [9.17, 15) is 0 Å². The predicted octanol–water partition coefficient (Wildman–Crippen LogP) is 4.27. The van der Waals surface area contributed by atoms with Crippen molar-refractivity contribution < 1.29 is 4.74 Å². The summed E-state index contributed by atoms with van der Waals surface area (Å²) in [5.74, 6) is 1.99. The van der Waals surface area contributed by atoms with Gasteiger partial charge >= 0.3 is 0 Å². The minimum absolute atomic E-state index is 0.0636. The molecule has 1 aromatic carbocycles. The van der Waals surface area contributed by atoms with Crippen molar-refractivity contribution in [2.24, 2.45) is 0 Å². The van der Waals surface area contributed by atoms with E-state index in [0.29, 0.717) is 6.04 Å². The van der Waals surface area contributed by atoms with E-state index < -0.39 is 0 Å². The van der Waals surface area contributed by atoms with E-state index in [0.717, 1.165) is 31.0 Å². The molecular formula is C20H32N2O. The van der Waals surface area contributed by atoms with Crippen molar-refractivity contribution in [2.45, 2.75) is 79.5 Å². The molecule has 23 heavy (non-hydrogen) atoms. The van der Waals surface area contributed by atoms with Gasteiger partial charge < -0.3 is 15.4 Å². The van der Waals surface area contributed by atoms with Gasteiger partial charge in [0.25, 0.3) is 0 Å². The molecular weight excluding hydrogens is 284 g/mol. The van der Waals surface area contributed by atoms with Crippen LogP contribution >= 0.6 is 0 Å². The van der Waals surface area contributed by atoms with Crippen molar-refractivity contribution in [1.82, 2.24) is 10.6 Å². The molecule has 1 aromatic rings. The molecule has 0 atom stereocenters. The zero-order valence-electron chi connectivity index (χ0n) is 15.8. The van der Waals surface area contributed by atoms with Gasteiger partial charge in [-0.25, -0.2) is 0 Å². The number of hydrogen-bond donors (Lipinski definition) is 2. The zero-order chi connectivity index (χ0) is 17.4. The minimum Gasteiger partial charge on any atom is -0.487 e. The lowest BCUT2D eigenvalue weighted by atomic mass is 9.85. The highest BCUT2D eigenvalue weighted by Gasteiger charge is 2.30. The first-order valence-electron chi connectivity index (χ1n) is 8.62. The Balaban J connectivity index is 2.29. The molecule has 0 aliphatic carbocycles. The van der Waals surface area contributed by atoms with Crippen LogP contribution in [0, 0.1) is 20.8 Å². The highest BCUT2D eigenvalue weighted by molar-refractivity contribution is 5.55. The van der Waals surface area contributed by atoms with Crippen LogP contribution in [-0.4, -0.2) is 11.6 Å².